The first-order valence-corrected chi connectivity index (χ1v) is 5.77. The van der Waals surface area contributed by atoms with Gasteiger partial charge in [0.2, 0.25) is 0 Å². The van der Waals surface area contributed by atoms with Gasteiger partial charge in [-0.3, -0.25) is 0 Å². The Bertz CT molecular complexity index is 1110. The Hall–Kier alpha value is -3.30. The summed E-state index contributed by atoms with van der Waals surface area (Å²) in [7, 11) is 0. The lowest BCUT2D eigenvalue weighted by atomic mass is 10.1. The lowest BCUT2D eigenvalue weighted by molar-refractivity contribution is 0.597. The zero-order valence-electron chi connectivity index (χ0n) is 18.5. The van der Waals surface area contributed by atoms with Crippen LogP contribution >= 0.6 is 0 Å². The fraction of sp³-hybridized carbons (Fsp3) is 0. The van der Waals surface area contributed by atoms with E-state index in [9.17, 15) is 0 Å². The lowest BCUT2D eigenvalue weighted by Gasteiger charge is -1.99. The van der Waals surface area contributed by atoms with Crippen molar-refractivity contribution in [2.75, 3.05) is 0 Å². The molecule has 0 N–H and O–H groups in total. The number of nitriles is 2. The Labute approximate surface area is 133 Å². The molecule has 3 rings (SSSR count). The molecule has 3 aromatic rings. The van der Waals surface area contributed by atoms with Crippen LogP contribution in [0.3, 0.4) is 0 Å². The third-order valence-electron chi connectivity index (χ3n) is 2.57. The van der Waals surface area contributed by atoms with Crippen molar-refractivity contribution in [3.63, 3.8) is 0 Å². The molecule has 0 unspecified atom stereocenters. The highest BCUT2D eigenvalue weighted by atomic mass is 16.3. The van der Waals surface area contributed by atoms with E-state index in [1.807, 2.05) is 0 Å². The van der Waals surface area contributed by atoms with Crippen molar-refractivity contribution in [1.82, 2.24) is 0 Å². The van der Waals surface area contributed by atoms with Gasteiger partial charge in [-0.15, -0.1) is 0 Å². The van der Waals surface area contributed by atoms with E-state index in [1.165, 1.54) is 12.1 Å². The van der Waals surface area contributed by atoms with Crippen LogP contribution < -0.4 is 0 Å². The van der Waals surface area contributed by atoms with Crippen molar-refractivity contribution in [3.05, 3.63) is 71.6 Å². The van der Waals surface area contributed by atoms with Crippen LogP contribution in [0.15, 0.2) is 64.9 Å². The van der Waals surface area contributed by atoms with Crippen LogP contribution in [0.2, 0.25) is 0 Å². The first-order chi connectivity index (χ1) is 13.6. The van der Waals surface area contributed by atoms with Crippen molar-refractivity contribution in [2.45, 2.75) is 0 Å². The molecule has 0 saturated heterocycles. The van der Waals surface area contributed by atoms with Crippen molar-refractivity contribution < 1.29 is 15.4 Å². The minimum absolute atomic E-state index is 0.0947. The summed E-state index contributed by atoms with van der Waals surface area (Å²) in [5.41, 5.74) is -1.20. The van der Waals surface area contributed by atoms with E-state index in [0.717, 1.165) is 0 Å². The summed E-state index contributed by atoms with van der Waals surface area (Å²) in [5.74, 6) is -0.189. The van der Waals surface area contributed by atoms with E-state index in [4.69, 9.17) is 25.9 Å². The number of benzene rings is 2. The maximum atomic E-state index is 9.04. The molecule has 0 radical (unpaired) electrons. The Morgan fingerprint density at radius 2 is 1.10 bits per heavy atom. The molecule has 0 aliphatic carbocycles. The summed E-state index contributed by atoms with van der Waals surface area (Å²) in [6.07, 6.45) is 0. The molecule has 0 amide bonds. The normalized spacial score (nSPS) is 15.1. The van der Waals surface area contributed by atoms with Crippen LogP contribution in [0.4, 0.5) is 0 Å². The van der Waals surface area contributed by atoms with Gasteiger partial charge in [-0.05, 0) is 60.5 Å². The molecular formula is C18H10N2O. The second kappa shape index (κ2) is 5.36. The topological polar surface area (TPSA) is 60.7 Å². The van der Waals surface area contributed by atoms with E-state index in [-0.39, 0.29) is 22.6 Å². The average Bonchev–Trinajstić information content (AvgIpc) is 3.15. The maximum absolute atomic E-state index is 9.04. The van der Waals surface area contributed by atoms with E-state index in [0.29, 0.717) is 0 Å². The van der Waals surface area contributed by atoms with Crippen LogP contribution in [0, 0.1) is 22.7 Å². The minimum atomic E-state index is -0.524. The SMILES string of the molecule is [2H]c1c([2H])c(-c2ccc(-c3c([2H])c([2H])c(C#N)c([2H])c3[2H])o2)c([2H])c([2H])c1C#N. The fourth-order valence-electron chi connectivity index (χ4n) is 1.59. The van der Waals surface area contributed by atoms with Gasteiger partial charge in [-0.2, -0.15) is 10.5 Å². The van der Waals surface area contributed by atoms with Gasteiger partial charge in [0, 0.05) is 11.1 Å². The number of rotatable bonds is 2. The summed E-state index contributed by atoms with van der Waals surface area (Å²) in [6, 6.07) is 1.86. The minimum Gasteiger partial charge on any atom is -0.456 e. The molecule has 0 saturated carbocycles. The molecule has 0 aliphatic rings. The first-order valence-electron chi connectivity index (χ1n) is 9.77. The van der Waals surface area contributed by atoms with Crippen LogP contribution in [-0.2, 0) is 0 Å². The Balaban J connectivity index is 2.27. The number of hydrogen-bond acceptors (Lipinski definition) is 3. The molecule has 21 heavy (non-hydrogen) atoms. The Kier molecular flexibility index (Phi) is 1.64. The van der Waals surface area contributed by atoms with Crippen LogP contribution in [0.25, 0.3) is 22.6 Å². The standard InChI is InChI=1S/C18H10N2O/c19-11-13-1-5-15(6-2-13)17-9-10-18(21-17)16-7-3-14(12-20)4-8-16/h1-10H/i1D,2D,3D,4D,5D,6D,7D,8D. The summed E-state index contributed by atoms with van der Waals surface area (Å²) in [4.78, 5) is 0. The van der Waals surface area contributed by atoms with E-state index in [1.54, 1.807) is 12.1 Å². The highest BCUT2D eigenvalue weighted by Gasteiger charge is 2.07. The zero-order valence-corrected chi connectivity index (χ0v) is 10.5. The van der Waals surface area contributed by atoms with Gasteiger partial charge in [0.15, 0.2) is 0 Å². The first kappa shape index (κ1) is 6.43. The largest absolute Gasteiger partial charge is 0.456 e. The molecule has 0 spiro atoms. The van der Waals surface area contributed by atoms with Crippen LogP contribution in [-0.4, -0.2) is 0 Å². The molecule has 1 heterocycles. The molecule has 98 valence electrons. The molecule has 2 aromatic carbocycles. The predicted molar refractivity (Wildman–Crippen MR) is 79.0 cm³/mol. The van der Waals surface area contributed by atoms with Crippen molar-refractivity contribution in [2.24, 2.45) is 0 Å². The van der Waals surface area contributed by atoms with Crippen molar-refractivity contribution in [3.8, 4) is 34.8 Å². The second-order valence-electron chi connectivity index (χ2n) is 3.89. The van der Waals surface area contributed by atoms with Crippen LogP contribution in [0.5, 0.6) is 0 Å². The van der Waals surface area contributed by atoms with Crippen LogP contribution in [0.1, 0.15) is 22.1 Å². The Morgan fingerprint density at radius 3 is 1.43 bits per heavy atom. The van der Waals surface area contributed by atoms with Gasteiger partial charge in [-0.25, -0.2) is 0 Å². The molecule has 0 atom stereocenters. The maximum Gasteiger partial charge on any atom is 0.134 e. The molecule has 0 fully saturated rings. The predicted octanol–water partition coefficient (Wildman–Crippen LogP) is 4.36. The monoisotopic (exact) mass is 278 g/mol. The van der Waals surface area contributed by atoms with Gasteiger partial charge in [0.25, 0.3) is 0 Å². The third-order valence-corrected chi connectivity index (χ3v) is 2.57. The molecule has 3 heteroatoms. The van der Waals surface area contributed by atoms with Gasteiger partial charge in [0.1, 0.15) is 11.5 Å². The van der Waals surface area contributed by atoms with Crippen molar-refractivity contribution in [1.29, 1.82) is 10.5 Å². The van der Waals surface area contributed by atoms with E-state index < -0.39 is 59.5 Å². The molecule has 1 aromatic heterocycles. The third kappa shape index (κ3) is 2.54. The lowest BCUT2D eigenvalue weighted by Crippen LogP contribution is -1.77. The molecule has 0 bridgehead atoms. The molecular weight excluding hydrogens is 260 g/mol. The summed E-state index contributed by atoms with van der Waals surface area (Å²) < 4.78 is 69.3. The number of nitrogens with zero attached hydrogens (tertiary/aromatic N) is 2. The van der Waals surface area contributed by atoms with E-state index >= 15 is 0 Å². The summed E-state index contributed by atoms with van der Waals surface area (Å²) >= 11 is 0. The number of furan rings is 1. The molecule has 3 nitrogen and oxygen atoms in total. The highest BCUT2D eigenvalue weighted by Crippen LogP contribution is 2.28. The summed E-state index contributed by atoms with van der Waals surface area (Å²) in [5, 5.41) is 18.1. The quantitative estimate of drug-likeness (QED) is 0.699. The van der Waals surface area contributed by atoms with Gasteiger partial charge in [-0.1, -0.05) is 0 Å². The van der Waals surface area contributed by atoms with E-state index in [2.05, 4.69) is 0 Å². The molecule has 0 aliphatic heterocycles. The Morgan fingerprint density at radius 1 is 0.714 bits per heavy atom. The van der Waals surface area contributed by atoms with Gasteiger partial charge >= 0.3 is 0 Å². The number of hydrogen-bond donors (Lipinski definition) is 0. The van der Waals surface area contributed by atoms with Crippen molar-refractivity contribution >= 4 is 0 Å². The van der Waals surface area contributed by atoms with Gasteiger partial charge < -0.3 is 4.42 Å². The smallest absolute Gasteiger partial charge is 0.134 e. The highest BCUT2D eigenvalue weighted by molar-refractivity contribution is 5.65. The summed E-state index contributed by atoms with van der Waals surface area (Å²) in [6.45, 7) is 0. The fourth-order valence-corrected chi connectivity index (χ4v) is 1.59. The van der Waals surface area contributed by atoms with Gasteiger partial charge in [0.05, 0.1) is 34.2 Å². The zero-order chi connectivity index (χ0) is 21.6. The second-order valence-corrected chi connectivity index (χ2v) is 3.89. The average molecular weight is 278 g/mol.